The van der Waals surface area contributed by atoms with Crippen LogP contribution in [0.25, 0.3) is 0 Å². The van der Waals surface area contributed by atoms with E-state index >= 15 is 0 Å². The fourth-order valence-corrected chi connectivity index (χ4v) is 5.42. The maximum absolute atomic E-state index is 12.7. The van der Waals surface area contributed by atoms with Crippen LogP contribution in [0.3, 0.4) is 0 Å². The monoisotopic (exact) mass is 363 g/mol. The maximum Gasteiger partial charge on any atom is 0.310 e. The largest absolute Gasteiger partial charge is 0.461 e. The van der Waals surface area contributed by atoms with Crippen LogP contribution in [0.1, 0.15) is 18.9 Å². The van der Waals surface area contributed by atoms with Crippen molar-refractivity contribution in [3.05, 3.63) is 29.8 Å². The molecule has 2 aliphatic carbocycles. The first kappa shape index (κ1) is 14.2. The molecule has 3 aliphatic rings. The van der Waals surface area contributed by atoms with E-state index in [1.807, 2.05) is 24.3 Å². The molecule has 5 heteroatoms. The van der Waals surface area contributed by atoms with Crippen molar-refractivity contribution in [1.82, 2.24) is 0 Å². The summed E-state index contributed by atoms with van der Waals surface area (Å²) < 4.78 is 5.45. The van der Waals surface area contributed by atoms with Gasteiger partial charge in [0.1, 0.15) is 6.10 Å². The highest BCUT2D eigenvalue weighted by molar-refractivity contribution is 9.09. The average molecular weight is 364 g/mol. The molecule has 2 saturated carbocycles. The van der Waals surface area contributed by atoms with Crippen LogP contribution >= 0.6 is 15.9 Å². The molecule has 1 amide bonds. The van der Waals surface area contributed by atoms with Gasteiger partial charge in [-0.1, -0.05) is 35.0 Å². The smallest absolute Gasteiger partial charge is 0.310 e. The lowest BCUT2D eigenvalue weighted by Crippen LogP contribution is -2.40. The van der Waals surface area contributed by atoms with Gasteiger partial charge in [-0.2, -0.15) is 0 Å². The van der Waals surface area contributed by atoms with E-state index in [0.717, 1.165) is 18.5 Å². The maximum atomic E-state index is 12.7. The Hall–Kier alpha value is -1.36. The number of carbonyl (C=O) groups excluding carboxylic acids is 2. The molecule has 0 spiro atoms. The van der Waals surface area contributed by atoms with Crippen LogP contribution < -0.4 is 5.32 Å². The lowest BCUT2D eigenvalue weighted by molar-refractivity contribution is -0.145. The zero-order valence-corrected chi connectivity index (χ0v) is 13.9. The van der Waals surface area contributed by atoms with Crippen LogP contribution in [0.5, 0.6) is 0 Å². The van der Waals surface area contributed by atoms with Gasteiger partial charge < -0.3 is 10.1 Å². The highest BCUT2D eigenvalue weighted by atomic mass is 79.9. The summed E-state index contributed by atoms with van der Waals surface area (Å²) in [6.07, 6.45) is 1.85. The second kappa shape index (κ2) is 5.08. The Balaban J connectivity index is 1.54. The SMILES string of the molecule is CCc1ccc(NC(=O)[C@@H]2[C@H]3C[C@H]4[C@H](OC(=O)[C@@H]42)[C@H]3Br)cc1. The molecule has 4 nitrogen and oxygen atoms in total. The number of carbonyl (C=O) groups is 2. The number of fused-ring (bicyclic) bond motifs is 1. The first-order chi connectivity index (χ1) is 10.6. The lowest BCUT2D eigenvalue weighted by atomic mass is 9.79. The number of hydrogen-bond donors (Lipinski definition) is 1. The number of aryl methyl sites for hydroxylation is 1. The molecule has 116 valence electrons. The first-order valence-corrected chi connectivity index (χ1v) is 8.76. The van der Waals surface area contributed by atoms with Crippen molar-refractivity contribution in [3.63, 3.8) is 0 Å². The first-order valence-electron chi connectivity index (χ1n) is 7.84. The second-order valence-corrected chi connectivity index (χ2v) is 7.56. The summed E-state index contributed by atoms with van der Waals surface area (Å²) in [6.45, 7) is 2.10. The standard InChI is InChI=1S/C17H18BrNO3/c1-2-8-3-5-9(6-4-8)19-16(20)12-10-7-11-13(12)17(21)22-15(11)14(10)18/h3-6,10-15H,2,7H2,1H3,(H,19,20)/t10-,11-,12-,13+,14+,15+/m1/s1. The number of hydrogen-bond acceptors (Lipinski definition) is 3. The second-order valence-electron chi connectivity index (χ2n) is 6.50. The van der Waals surface area contributed by atoms with Crippen LogP contribution in [-0.2, 0) is 20.7 Å². The molecule has 1 N–H and O–H groups in total. The Morgan fingerprint density at radius 3 is 2.73 bits per heavy atom. The number of benzene rings is 1. The van der Waals surface area contributed by atoms with Gasteiger partial charge in [-0.3, -0.25) is 9.59 Å². The Morgan fingerprint density at radius 2 is 2.05 bits per heavy atom. The van der Waals surface area contributed by atoms with Crippen LogP contribution in [0.15, 0.2) is 24.3 Å². The Labute approximate surface area is 137 Å². The molecule has 0 unspecified atom stereocenters. The number of alkyl halides is 1. The third kappa shape index (κ3) is 1.94. The van der Waals surface area contributed by atoms with E-state index in [9.17, 15) is 9.59 Å². The molecule has 6 atom stereocenters. The van der Waals surface area contributed by atoms with E-state index in [1.165, 1.54) is 5.56 Å². The van der Waals surface area contributed by atoms with Gasteiger partial charge in [-0.05, 0) is 36.5 Å². The Kier molecular flexibility index (Phi) is 3.29. The van der Waals surface area contributed by atoms with Gasteiger partial charge in [-0.25, -0.2) is 0 Å². The molecule has 1 saturated heterocycles. The molecule has 0 radical (unpaired) electrons. The Morgan fingerprint density at radius 1 is 1.32 bits per heavy atom. The number of esters is 1. The summed E-state index contributed by atoms with van der Waals surface area (Å²) in [6, 6.07) is 7.88. The minimum Gasteiger partial charge on any atom is -0.461 e. The van der Waals surface area contributed by atoms with Gasteiger partial charge in [0, 0.05) is 11.6 Å². The summed E-state index contributed by atoms with van der Waals surface area (Å²) in [5.74, 6) is -0.365. The summed E-state index contributed by atoms with van der Waals surface area (Å²) in [5.41, 5.74) is 2.03. The molecular weight excluding hydrogens is 346 g/mol. The molecule has 1 heterocycles. The molecule has 22 heavy (non-hydrogen) atoms. The van der Waals surface area contributed by atoms with E-state index in [-0.39, 0.29) is 46.5 Å². The number of rotatable bonds is 3. The fourth-order valence-electron chi connectivity index (χ4n) is 4.38. The van der Waals surface area contributed by atoms with E-state index in [1.54, 1.807) is 0 Å². The molecule has 1 aromatic rings. The van der Waals surface area contributed by atoms with E-state index in [4.69, 9.17) is 4.74 Å². The van der Waals surface area contributed by atoms with E-state index in [0.29, 0.717) is 0 Å². The third-order valence-corrected chi connectivity index (χ3v) is 6.66. The minimum absolute atomic E-state index is 0.0320. The molecular formula is C17H18BrNO3. The van der Waals surface area contributed by atoms with Crippen LogP contribution in [0, 0.1) is 23.7 Å². The lowest BCUT2D eigenvalue weighted by Gasteiger charge is -2.27. The summed E-state index contributed by atoms with van der Waals surface area (Å²) >= 11 is 3.63. The van der Waals surface area contributed by atoms with Gasteiger partial charge in [0.15, 0.2) is 0 Å². The van der Waals surface area contributed by atoms with Gasteiger partial charge in [0.05, 0.1) is 16.7 Å². The topological polar surface area (TPSA) is 55.4 Å². The molecule has 2 bridgehead atoms. The number of halogens is 1. The van der Waals surface area contributed by atoms with Crippen LogP contribution in [-0.4, -0.2) is 22.8 Å². The van der Waals surface area contributed by atoms with Crippen molar-refractivity contribution >= 4 is 33.5 Å². The number of amides is 1. The van der Waals surface area contributed by atoms with Gasteiger partial charge >= 0.3 is 5.97 Å². The van der Waals surface area contributed by atoms with Gasteiger partial charge in [0.2, 0.25) is 5.91 Å². The van der Waals surface area contributed by atoms with Gasteiger partial charge in [0.25, 0.3) is 0 Å². The molecule has 4 rings (SSSR count). The highest BCUT2D eigenvalue weighted by Gasteiger charge is 2.67. The van der Waals surface area contributed by atoms with Crippen molar-refractivity contribution in [2.24, 2.45) is 23.7 Å². The zero-order chi connectivity index (χ0) is 15.4. The molecule has 0 aromatic heterocycles. The quantitative estimate of drug-likeness (QED) is 0.663. The number of ether oxygens (including phenoxy) is 1. The molecule has 3 fully saturated rings. The van der Waals surface area contributed by atoms with Crippen molar-refractivity contribution in [2.45, 2.75) is 30.7 Å². The predicted molar refractivity (Wildman–Crippen MR) is 85.6 cm³/mol. The van der Waals surface area contributed by atoms with Gasteiger partial charge in [-0.15, -0.1) is 0 Å². The number of nitrogens with one attached hydrogen (secondary N) is 1. The zero-order valence-electron chi connectivity index (χ0n) is 12.3. The van der Waals surface area contributed by atoms with E-state index < -0.39 is 0 Å². The summed E-state index contributed by atoms with van der Waals surface area (Å²) in [7, 11) is 0. The highest BCUT2D eigenvalue weighted by Crippen LogP contribution is 2.60. The number of anilines is 1. The predicted octanol–water partition coefficient (Wildman–Crippen LogP) is 2.76. The van der Waals surface area contributed by atoms with Crippen molar-refractivity contribution in [1.29, 1.82) is 0 Å². The summed E-state index contributed by atoms with van der Waals surface area (Å²) in [4.78, 5) is 24.9. The van der Waals surface area contributed by atoms with Crippen LogP contribution in [0.2, 0.25) is 0 Å². The fraction of sp³-hybridized carbons (Fsp3) is 0.529. The average Bonchev–Trinajstić information content (AvgIpc) is 3.12. The summed E-state index contributed by atoms with van der Waals surface area (Å²) in [5, 5.41) is 2.98. The van der Waals surface area contributed by atoms with Crippen molar-refractivity contribution in [3.8, 4) is 0 Å². The normalized spacial score (nSPS) is 38.2. The van der Waals surface area contributed by atoms with Crippen molar-refractivity contribution in [2.75, 3.05) is 5.32 Å². The van der Waals surface area contributed by atoms with E-state index in [2.05, 4.69) is 28.2 Å². The van der Waals surface area contributed by atoms with Crippen LogP contribution in [0.4, 0.5) is 5.69 Å². The third-order valence-electron chi connectivity index (χ3n) is 5.46. The van der Waals surface area contributed by atoms with Crippen molar-refractivity contribution < 1.29 is 14.3 Å². The molecule has 1 aliphatic heterocycles. The minimum atomic E-state index is -0.272. The Bertz CT molecular complexity index is 629. The molecule has 1 aromatic carbocycles.